The first kappa shape index (κ1) is 15.2. The van der Waals surface area contributed by atoms with Gasteiger partial charge in [-0.1, -0.05) is 18.2 Å². The molecule has 0 atom stereocenters. The van der Waals surface area contributed by atoms with E-state index in [-0.39, 0.29) is 0 Å². The van der Waals surface area contributed by atoms with Crippen molar-refractivity contribution in [1.82, 2.24) is 4.90 Å². The van der Waals surface area contributed by atoms with Crippen molar-refractivity contribution < 1.29 is 9.47 Å². The average molecular weight is 286 g/mol. The van der Waals surface area contributed by atoms with Gasteiger partial charge in [0.05, 0.1) is 14.2 Å². The van der Waals surface area contributed by atoms with Crippen LogP contribution in [0.1, 0.15) is 11.1 Å². The molecular weight excluding hydrogens is 264 g/mol. The van der Waals surface area contributed by atoms with Crippen LogP contribution in [0.4, 0.5) is 5.69 Å². The fraction of sp³-hybridized carbons (Fsp3) is 0.294. The highest BCUT2D eigenvalue weighted by atomic mass is 16.5. The molecule has 0 amide bonds. The van der Waals surface area contributed by atoms with Crippen molar-refractivity contribution in [3.63, 3.8) is 0 Å². The summed E-state index contributed by atoms with van der Waals surface area (Å²) in [5, 5.41) is 0. The second-order valence-electron chi connectivity index (χ2n) is 5.09. The Balaban J connectivity index is 1.98. The van der Waals surface area contributed by atoms with Gasteiger partial charge in [0.25, 0.3) is 0 Å². The number of nitrogens with zero attached hydrogens (tertiary/aromatic N) is 1. The third kappa shape index (κ3) is 4.13. The van der Waals surface area contributed by atoms with Crippen molar-refractivity contribution in [1.29, 1.82) is 0 Å². The molecule has 0 fully saturated rings. The summed E-state index contributed by atoms with van der Waals surface area (Å²) in [6.45, 7) is 1.65. The Morgan fingerprint density at radius 1 is 0.905 bits per heavy atom. The lowest BCUT2D eigenvalue weighted by atomic mass is 10.1. The summed E-state index contributed by atoms with van der Waals surface area (Å²) in [4.78, 5) is 2.22. The van der Waals surface area contributed by atoms with Gasteiger partial charge >= 0.3 is 0 Å². The van der Waals surface area contributed by atoms with E-state index in [1.807, 2.05) is 30.3 Å². The lowest BCUT2D eigenvalue weighted by Crippen LogP contribution is -2.18. The van der Waals surface area contributed by atoms with Gasteiger partial charge in [-0.05, 0) is 36.4 Å². The van der Waals surface area contributed by atoms with Crippen LogP contribution in [0.3, 0.4) is 0 Å². The molecule has 0 spiro atoms. The molecule has 0 bridgehead atoms. The summed E-state index contributed by atoms with van der Waals surface area (Å²) in [5.41, 5.74) is 9.16. The Kier molecular flexibility index (Phi) is 5.06. The predicted octanol–water partition coefficient (Wildman–Crippen LogP) is 2.92. The molecule has 0 aliphatic rings. The minimum atomic E-state index is 0.760. The number of hydrogen-bond acceptors (Lipinski definition) is 4. The molecule has 4 nitrogen and oxygen atoms in total. The summed E-state index contributed by atoms with van der Waals surface area (Å²) in [6, 6.07) is 13.9. The highest BCUT2D eigenvalue weighted by Crippen LogP contribution is 2.21. The lowest BCUT2D eigenvalue weighted by Gasteiger charge is -2.18. The van der Waals surface area contributed by atoms with Crippen LogP contribution in [-0.2, 0) is 13.1 Å². The minimum absolute atomic E-state index is 0.760. The lowest BCUT2D eigenvalue weighted by molar-refractivity contribution is 0.319. The summed E-state index contributed by atoms with van der Waals surface area (Å²) in [7, 11) is 5.39. The second kappa shape index (κ2) is 6.99. The predicted molar refractivity (Wildman–Crippen MR) is 85.6 cm³/mol. The number of benzene rings is 2. The number of anilines is 1. The molecular formula is C17H22N2O2. The van der Waals surface area contributed by atoms with Crippen LogP contribution in [0.25, 0.3) is 0 Å². The normalized spacial score (nSPS) is 10.7. The fourth-order valence-electron chi connectivity index (χ4n) is 2.23. The van der Waals surface area contributed by atoms with Crippen molar-refractivity contribution in [2.24, 2.45) is 0 Å². The molecule has 0 aliphatic heterocycles. The smallest absolute Gasteiger partial charge is 0.120 e. The molecule has 0 aromatic heterocycles. The van der Waals surface area contributed by atoms with Gasteiger partial charge in [-0.3, -0.25) is 4.90 Å². The zero-order chi connectivity index (χ0) is 15.2. The first-order valence-corrected chi connectivity index (χ1v) is 6.86. The third-order valence-corrected chi connectivity index (χ3v) is 3.40. The molecule has 2 N–H and O–H groups in total. The van der Waals surface area contributed by atoms with Gasteiger partial charge in [-0.2, -0.15) is 0 Å². The maximum atomic E-state index is 6.05. The van der Waals surface area contributed by atoms with E-state index in [1.54, 1.807) is 14.2 Å². The van der Waals surface area contributed by atoms with E-state index >= 15 is 0 Å². The van der Waals surface area contributed by atoms with E-state index in [1.165, 1.54) is 5.56 Å². The van der Waals surface area contributed by atoms with Crippen LogP contribution in [0, 0.1) is 0 Å². The van der Waals surface area contributed by atoms with Crippen LogP contribution in [0.5, 0.6) is 11.5 Å². The summed E-state index contributed by atoms with van der Waals surface area (Å²) < 4.78 is 10.3. The van der Waals surface area contributed by atoms with Crippen LogP contribution in [-0.4, -0.2) is 26.2 Å². The number of hydrogen-bond donors (Lipinski definition) is 1. The van der Waals surface area contributed by atoms with E-state index in [2.05, 4.69) is 24.1 Å². The number of ether oxygens (including phenoxy) is 2. The maximum Gasteiger partial charge on any atom is 0.120 e. The molecule has 21 heavy (non-hydrogen) atoms. The van der Waals surface area contributed by atoms with Gasteiger partial charge in [0.1, 0.15) is 11.5 Å². The molecule has 4 heteroatoms. The number of nitrogens with two attached hydrogens (primary N) is 1. The van der Waals surface area contributed by atoms with Crippen molar-refractivity contribution in [3.8, 4) is 11.5 Å². The molecule has 0 heterocycles. The standard InChI is InChI=1S/C17H22N2O2/c1-19(11-13-4-7-15(20-2)8-5-13)12-14-6-9-16(21-3)10-17(14)18/h4-10H,11-12,18H2,1-3H3. The van der Waals surface area contributed by atoms with Gasteiger partial charge in [0, 0.05) is 24.8 Å². The number of methoxy groups -OCH3 is 2. The highest BCUT2D eigenvalue weighted by Gasteiger charge is 2.06. The molecule has 0 radical (unpaired) electrons. The van der Waals surface area contributed by atoms with E-state index in [0.29, 0.717) is 0 Å². The fourth-order valence-corrected chi connectivity index (χ4v) is 2.23. The highest BCUT2D eigenvalue weighted by molar-refractivity contribution is 5.51. The summed E-state index contributed by atoms with van der Waals surface area (Å²) in [6.07, 6.45) is 0. The van der Waals surface area contributed by atoms with Gasteiger partial charge < -0.3 is 15.2 Å². The van der Waals surface area contributed by atoms with E-state index < -0.39 is 0 Å². The van der Waals surface area contributed by atoms with Gasteiger partial charge in [-0.15, -0.1) is 0 Å². The SMILES string of the molecule is COc1ccc(CN(C)Cc2ccc(OC)cc2N)cc1. The Bertz CT molecular complexity index is 582. The van der Waals surface area contributed by atoms with Gasteiger partial charge in [0.15, 0.2) is 0 Å². The van der Waals surface area contributed by atoms with Crippen LogP contribution in [0.2, 0.25) is 0 Å². The van der Waals surface area contributed by atoms with E-state index in [4.69, 9.17) is 15.2 Å². The Morgan fingerprint density at radius 2 is 1.52 bits per heavy atom. The van der Waals surface area contributed by atoms with Crippen molar-refractivity contribution in [2.75, 3.05) is 27.0 Å². The average Bonchev–Trinajstić information content (AvgIpc) is 2.50. The zero-order valence-electron chi connectivity index (χ0n) is 12.8. The molecule has 2 aromatic rings. The maximum absolute atomic E-state index is 6.05. The van der Waals surface area contributed by atoms with Gasteiger partial charge in [0.2, 0.25) is 0 Å². The first-order valence-electron chi connectivity index (χ1n) is 6.86. The molecule has 112 valence electrons. The zero-order valence-corrected chi connectivity index (χ0v) is 12.8. The molecule has 0 saturated heterocycles. The second-order valence-corrected chi connectivity index (χ2v) is 5.09. The van der Waals surface area contributed by atoms with Crippen LogP contribution >= 0.6 is 0 Å². The largest absolute Gasteiger partial charge is 0.497 e. The molecule has 2 rings (SSSR count). The molecule has 0 aliphatic carbocycles. The number of rotatable bonds is 6. The Morgan fingerprint density at radius 3 is 2.10 bits per heavy atom. The quantitative estimate of drug-likeness (QED) is 0.829. The van der Waals surface area contributed by atoms with Crippen LogP contribution < -0.4 is 15.2 Å². The number of nitrogen functional groups attached to an aromatic ring is 1. The van der Waals surface area contributed by atoms with Crippen molar-refractivity contribution >= 4 is 5.69 Å². The summed E-state index contributed by atoms with van der Waals surface area (Å²) >= 11 is 0. The molecule has 0 unspecified atom stereocenters. The van der Waals surface area contributed by atoms with E-state index in [0.717, 1.165) is 35.8 Å². The first-order chi connectivity index (χ1) is 10.1. The minimum Gasteiger partial charge on any atom is -0.497 e. The Hall–Kier alpha value is -2.20. The van der Waals surface area contributed by atoms with E-state index in [9.17, 15) is 0 Å². The van der Waals surface area contributed by atoms with Crippen LogP contribution in [0.15, 0.2) is 42.5 Å². The monoisotopic (exact) mass is 286 g/mol. The third-order valence-electron chi connectivity index (χ3n) is 3.40. The molecule has 0 saturated carbocycles. The summed E-state index contributed by atoms with van der Waals surface area (Å²) in [5.74, 6) is 1.66. The van der Waals surface area contributed by atoms with Crippen molar-refractivity contribution in [2.45, 2.75) is 13.1 Å². The van der Waals surface area contributed by atoms with Gasteiger partial charge in [-0.25, -0.2) is 0 Å². The topological polar surface area (TPSA) is 47.7 Å². The van der Waals surface area contributed by atoms with Crippen molar-refractivity contribution in [3.05, 3.63) is 53.6 Å². The molecule has 2 aromatic carbocycles. The Labute approximate surface area is 126 Å².